The number of amides is 2. The van der Waals surface area contributed by atoms with Gasteiger partial charge in [-0.15, -0.1) is 0 Å². The van der Waals surface area contributed by atoms with Crippen LogP contribution in [0.3, 0.4) is 0 Å². The van der Waals surface area contributed by atoms with Crippen LogP contribution in [0.5, 0.6) is 11.5 Å². The Balaban J connectivity index is 1.40. The Bertz CT molecular complexity index is 956. The lowest BCUT2D eigenvalue weighted by atomic mass is 9.98. The first-order chi connectivity index (χ1) is 15.0. The first-order valence-electron chi connectivity index (χ1n) is 10.9. The molecule has 0 spiro atoms. The van der Waals surface area contributed by atoms with E-state index in [0.29, 0.717) is 24.5 Å². The van der Waals surface area contributed by atoms with Crippen LogP contribution in [-0.4, -0.2) is 48.0 Å². The van der Waals surface area contributed by atoms with Crippen molar-refractivity contribution in [1.29, 1.82) is 0 Å². The molecule has 7 heteroatoms. The second-order valence-corrected chi connectivity index (χ2v) is 8.32. The molecule has 1 saturated heterocycles. The second kappa shape index (κ2) is 9.37. The van der Waals surface area contributed by atoms with E-state index in [9.17, 15) is 9.59 Å². The zero-order valence-corrected chi connectivity index (χ0v) is 18.1. The van der Waals surface area contributed by atoms with Gasteiger partial charge in [-0.2, -0.15) is 0 Å². The molecular formula is C24H29N3O4. The topological polar surface area (TPSA) is 80.8 Å². The summed E-state index contributed by atoms with van der Waals surface area (Å²) >= 11 is 0. The van der Waals surface area contributed by atoms with Gasteiger partial charge in [-0.05, 0) is 62.4 Å². The SMILES string of the molecule is COc1ccc(C2CC(=O)N(CC(=O)Nc3cccc(C)n3)C2)cc1OC1CCCC1. The number of aryl methyl sites for hydroxylation is 1. The van der Waals surface area contributed by atoms with Crippen LogP contribution in [0.15, 0.2) is 36.4 Å². The predicted molar refractivity (Wildman–Crippen MR) is 117 cm³/mol. The molecule has 4 rings (SSSR count). The van der Waals surface area contributed by atoms with Crippen molar-refractivity contribution in [2.75, 3.05) is 25.5 Å². The third-order valence-electron chi connectivity index (χ3n) is 5.96. The summed E-state index contributed by atoms with van der Waals surface area (Å²) in [4.78, 5) is 30.9. The summed E-state index contributed by atoms with van der Waals surface area (Å²) in [6, 6.07) is 11.3. The molecule has 1 unspecified atom stereocenters. The van der Waals surface area contributed by atoms with Gasteiger partial charge in [-0.1, -0.05) is 12.1 Å². The van der Waals surface area contributed by atoms with Crippen LogP contribution in [-0.2, 0) is 9.59 Å². The fraction of sp³-hybridized carbons (Fsp3) is 0.458. The Hall–Kier alpha value is -3.09. The van der Waals surface area contributed by atoms with Gasteiger partial charge in [0.05, 0.1) is 19.8 Å². The van der Waals surface area contributed by atoms with E-state index in [1.807, 2.05) is 37.3 Å². The molecule has 1 aliphatic carbocycles. The summed E-state index contributed by atoms with van der Waals surface area (Å²) in [6.07, 6.45) is 5.12. The summed E-state index contributed by atoms with van der Waals surface area (Å²) in [6.45, 7) is 2.39. The average molecular weight is 424 g/mol. The quantitative estimate of drug-likeness (QED) is 0.735. The zero-order chi connectivity index (χ0) is 21.8. The minimum atomic E-state index is -0.243. The molecule has 1 saturated carbocycles. The summed E-state index contributed by atoms with van der Waals surface area (Å²) in [5.41, 5.74) is 1.86. The molecule has 0 radical (unpaired) electrons. The van der Waals surface area contributed by atoms with Gasteiger partial charge in [-0.3, -0.25) is 9.59 Å². The third-order valence-corrected chi connectivity index (χ3v) is 5.96. The normalized spacial score (nSPS) is 19.0. The van der Waals surface area contributed by atoms with Gasteiger partial charge in [0.1, 0.15) is 5.82 Å². The molecule has 2 fully saturated rings. The largest absolute Gasteiger partial charge is 0.493 e. The van der Waals surface area contributed by atoms with Crippen LogP contribution < -0.4 is 14.8 Å². The van der Waals surface area contributed by atoms with E-state index in [1.54, 1.807) is 18.1 Å². The van der Waals surface area contributed by atoms with E-state index in [4.69, 9.17) is 9.47 Å². The molecule has 2 amide bonds. The Labute approximate surface area is 182 Å². The van der Waals surface area contributed by atoms with Crippen molar-refractivity contribution in [2.45, 2.75) is 51.0 Å². The molecule has 0 bridgehead atoms. The second-order valence-electron chi connectivity index (χ2n) is 8.32. The molecule has 1 atom stereocenters. The molecule has 31 heavy (non-hydrogen) atoms. The average Bonchev–Trinajstić information content (AvgIpc) is 3.38. The number of hydrogen-bond acceptors (Lipinski definition) is 5. The molecule has 2 aromatic rings. The molecule has 1 N–H and O–H groups in total. The van der Waals surface area contributed by atoms with Crippen molar-refractivity contribution in [3.8, 4) is 11.5 Å². The van der Waals surface area contributed by atoms with Crippen molar-refractivity contribution in [2.24, 2.45) is 0 Å². The number of benzene rings is 1. The maximum atomic E-state index is 12.6. The highest BCUT2D eigenvalue weighted by Gasteiger charge is 2.32. The summed E-state index contributed by atoms with van der Waals surface area (Å²) < 4.78 is 11.7. The lowest BCUT2D eigenvalue weighted by molar-refractivity contribution is -0.131. The molecular weight excluding hydrogens is 394 g/mol. The number of carbonyl (C=O) groups excluding carboxylic acids is 2. The number of likely N-dealkylation sites (tertiary alicyclic amines) is 1. The van der Waals surface area contributed by atoms with Gasteiger partial charge in [0.2, 0.25) is 11.8 Å². The summed E-state index contributed by atoms with van der Waals surface area (Å²) in [5.74, 6) is 1.70. The predicted octanol–water partition coefficient (Wildman–Crippen LogP) is 3.67. The fourth-order valence-corrected chi connectivity index (χ4v) is 4.34. The van der Waals surface area contributed by atoms with E-state index >= 15 is 0 Å². The number of aromatic nitrogens is 1. The Morgan fingerprint density at radius 2 is 2.00 bits per heavy atom. The van der Waals surface area contributed by atoms with Gasteiger partial charge < -0.3 is 19.7 Å². The first-order valence-corrected chi connectivity index (χ1v) is 10.9. The third kappa shape index (κ3) is 5.16. The van der Waals surface area contributed by atoms with E-state index in [1.165, 1.54) is 12.8 Å². The maximum Gasteiger partial charge on any atom is 0.245 e. The molecule has 7 nitrogen and oxygen atoms in total. The highest BCUT2D eigenvalue weighted by atomic mass is 16.5. The van der Waals surface area contributed by atoms with Crippen molar-refractivity contribution in [1.82, 2.24) is 9.88 Å². The molecule has 1 aromatic carbocycles. The molecule has 164 valence electrons. The van der Waals surface area contributed by atoms with E-state index in [2.05, 4.69) is 10.3 Å². The van der Waals surface area contributed by atoms with Crippen molar-refractivity contribution in [3.63, 3.8) is 0 Å². The lowest BCUT2D eigenvalue weighted by Gasteiger charge is -2.19. The molecule has 2 heterocycles. The van der Waals surface area contributed by atoms with Gasteiger partial charge in [0, 0.05) is 24.6 Å². The number of nitrogens with one attached hydrogen (secondary N) is 1. The van der Waals surface area contributed by atoms with Gasteiger partial charge in [0.15, 0.2) is 11.5 Å². The summed E-state index contributed by atoms with van der Waals surface area (Å²) in [5, 5.41) is 2.77. The zero-order valence-electron chi connectivity index (χ0n) is 18.1. The van der Waals surface area contributed by atoms with E-state index in [-0.39, 0.29) is 30.4 Å². The number of ether oxygens (including phenoxy) is 2. The van der Waals surface area contributed by atoms with E-state index in [0.717, 1.165) is 29.8 Å². The van der Waals surface area contributed by atoms with Crippen LogP contribution in [0.25, 0.3) is 0 Å². The number of carbonyl (C=O) groups is 2. The highest BCUT2D eigenvalue weighted by Crippen LogP contribution is 2.37. The minimum Gasteiger partial charge on any atom is -0.493 e. The highest BCUT2D eigenvalue weighted by molar-refractivity contribution is 5.94. The Kier molecular flexibility index (Phi) is 6.39. The first kappa shape index (κ1) is 21.2. The fourth-order valence-electron chi connectivity index (χ4n) is 4.34. The number of rotatable bonds is 7. The monoisotopic (exact) mass is 423 g/mol. The lowest BCUT2D eigenvalue weighted by Crippen LogP contribution is -2.34. The number of pyridine rings is 1. The smallest absolute Gasteiger partial charge is 0.245 e. The van der Waals surface area contributed by atoms with E-state index < -0.39 is 0 Å². The van der Waals surface area contributed by atoms with Crippen LogP contribution in [0.4, 0.5) is 5.82 Å². The van der Waals surface area contributed by atoms with Gasteiger partial charge >= 0.3 is 0 Å². The van der Waals surface area contributed by atoms with Gasteiger partial charge in [-0.25, -0.2) is 4.98 Å². The van der Waals surface area contributed by atoms with Crippen LogP contribution >= 0.6 is 0 Å². The van der Waals surface area contributed by atoms with Crippen LogP contribution in [0.2, 0.25) is 0 Å². The Morgan fingerprint density at radius 3 is 2.74 bits per heavy atom. The van der Waals surface area contributed by atoms with Crippen molar-refractivity contribution >= 4 is 17.6 Å². The molecule has 2 aliphatic rings. The van der Waals surface area contributed by atoms with Crippen molar-refractivity contribution < 1.29 is 19.1 Å². The van der Waals surface area contributed by atoms with Crippen LogP contribution in [0, 0.1) is 6.92 Å². The number of methoxy groups -OCH3 is 1. The standard InChI is InChI=1S/C24H29N3O4/c1-16-6-5-9-22(25-16)26-23(28)15-27-14-18(13-24(27)29)17-10-11-20(30-2)21(12-17)31-19-7-3-4-8-19/h5-6,9-12,18-19H,3-4,7-8,13-15H2,1-2H3,(H,25,26,28). The Morgan fingerprint density at radius 1 is 1.19 bits per heavy atom. The number of nitrogens with zero attached hydrogens (tertiary/aromatic N) is 2. The van der Waals surface area contributed by atoms with Gasteiger partial charge in [0.25, 0.3) is 0 Å². The van der Waals surface area contributed by atoms with Crippen molar-refractivity contribution in [3.05, 3.63) is 47.7 Å². The number of anilines is 1. The van der Waals surface area contributed by atoms with Crippen LogP contribution in [0.1, 0.15) is 49.3 Å². The molecule has 1 aliphatic heterocycles. The minimum absolute atomic E-state index is 0.0204. The summed E-state index contributed by atoms with van der Waals surface area (Å²) in [7, 11) is 1.64. The molecule has 1 aromatic heterocycles. The number of hydrogen-bond donors (Lipinski definition) is 1. The maximum absolute atomic E-state index is 12.6.